The Hall–Kier alpha value is 0.330. The Morgan fingerprint density at radius 1 is 1.88 bits per heavy atom. The van der Waals surface area contributed by atoms with E-state index in [1.807, 2.05) is 6.92 Å². The zero-order valence-corrected chi connectivity index (χ0v) is 6.18. The third-order valence-corrected chi connectivity index (χ3v) is 1.93. The molecule has 0 unspecified atom stereocenters. The molecule has 0 aliphatic rings. The lowest BCUT2D eigenvalue weighted by Gasteiger charge is -1.91. The van der Waals surface area contributed by atoms with Crippen molar-refractivity contribution in [2.24, 2.45) is 0 Å². The highest BCUT2D eigenvalue weighted by atomic mass is 33.1. The highest BCUT2D eigenvalue weighted by Crippen LogP contribution is 2.21. The van der Waals surface area contributed by atoms with E-state index in [4.69, 9.17) is 4.18 Å². The maximum Gasteiger partial charge on any atom is 0.202 e. The molecule has 4 heteroatoms. The van der Waals surface area contributed by atoms with Gasteiger partial charge in [0.25, 0.3) is 0 Å². The third-order valence-electron chi connectivity index (χ3n) is 0.293. The predicted molar refractivity (Wildman–Crippen MR) is 37.2 cm³/mol. The Balaban J connectivity index is 2.82. The Labute approximate surface area is 57.0 Å². The maximum atomic E-state index is 10.1. The summed E-state index contributed by atoms with van der Waals surface area (Å²) in [5.74, 6) is 0. The lowest BCUT2D eigenvalue weighted by atomic mass is 10.9. The van der Waals surface area contributed by atoms with Gasteiger partial charge in [-0.25, -0.2) is 0 Å². The minimum atomic E-state index is -0.177. The average molecular weight is 151 g/mol. The van der Waals surface area contributed by atoms with Crippen molar-refractivity contribution >= 4 is 27.0 Å². The second kappa shape index (κ2) is 5.47. The molecule has 0 N–H and O–H groups in total. The molecule has 0 bridgehead atoms. The monoisotopic (exact) mass is 151 g/mol. The normalized spacial score (nSPS) is 9.25. The summed E-state index contributed by atoms with van der Waals surface area (Å²) in [4.78, 5) is 10.1. The van der Waals surface area contributed by atoms with Crippen LogP contribution in [0, 0.1) is 6.92 Å². The second-order valence-electron chi connectivity index (χ2n) is 0.930. The van der Waals surface area contributed by atoms with Gasteiger partial charge in [0.1, 0.15) is 0 Å². The quantitative estimate of drug-likeness (QED) is 0.348. The van der Waals surface area contributed by atoms with Crippen LogP contribution in [0.15, 0.2) is 0 Å². The number of carbonyl (C=O) groups excluding carboxylic acids is 1. The van der Waals surface area contributed by atoms with Gasteiger partial charge in [-0.1, -0.05) is 0 Å². The van der Waals surface area contributed by atoms with Crippen LogP contribution in [-0.4, -0.2) is 11.7 Å². The molecule has 0 aliphatic heterocycles. The molecular weight excluding hydrogens is 144 g/mol. The smallest absolute Gasteiger partial charge is 0.202 e. The van der Waals surface area contributed by atoms with Crippen LogP contribution in [0.3, 0.4) is 0 Å². The van der Waals surface area contributed by atoms with Gasteiger partial charge in [-0.3, -0.25) is 4.79 Å². The van der Waals surface area contributed by atoms with Gasteiger partial charge in [-0.2, -0.15) is 0 Å². The lowest BCUT2D eigenvalue weighted by Crippen LogP contribution is -1.78. The summed E-state index contributed by atoms with van der Waals surface area (Å²) >= 11 is 1.07. The summed E-state index contributed by atoms with van der Waals surface area (Å²) in [6, 6.07) is 0. The summed E-state index contributed by atoms with van der Waals surface area (Å²) in [6.07, 6.45) is 0. The number of hydrogen-bond donors (Lipinski definition) is 0. The van der Waals surface area contributed by atoms with Crippen LogP contribution in [0.1, 0.15) is 6.92 Å². The largest absolute Gasteiger partial charge is 0.305 e. The van der Waals surface area contributed by atoms with Crippen LogP contribution >= 0.6 is 21.9 Å². The molecule has 1 radical (unpaired) electrons. The summed E-state index contributed by atoms with van der Waals surface area (Å²) in [5, 5.41) is -0.177. The van der Waals surface area contributed by atoms with Gasteiger partial charge in [-0.15, -0.1) is 0 Å². The Morgan fingerprint density at radius 3 is 2.88 bits per heavy atom. The zero-order chi connectivity index (χ0) is 6.41. The van der Waals surface area contributed by atoms with Gasteiger partial charge >= 0.3 is 0 Å². The van der Waals surface area contributed by atoms with Gasteiger partial charge in [0.15, 0.2) is 0 Å². The molecule has 0 saturated heterocycles. The highest BCUT2D eigenvalue weighted by Gasteiger charge is 1.92. The van der Waals surface area contributed by atoms with Crippen LogP contribution in [-0.2, 0) is 8.98 Å². The molecule has 0 aliphatic carbocycles. The van der Waals surface area contributed by atoms with E-state index in [0.717, 1.165) is 21.9 Å². The van der Waals surface area contributed by atoms with Gasteiger partial charge < -0.3 is 4.18 Å². The topological polar surface area (TPSA) is 26.3 Å². The summed E-state index contributed by atoms with van der Waals surface area (Å²) in [6.45, 7) is 5.61. The molecule has 2 nitrogen and oxygen atoms in total. The predicted octanol–water partition coefficient (Wildman–Crippen LogP) is 1.68. The SMILES string of the molecule is [CH2]C(=O)SSOCC. The van der Waals surface area contributed by atoms with E-state index in [9.17, 15) is 4.79 Å². The fourth-order valence-corrected chi connectivity index (χ4v) is 0.991. The summed E-state index contributed by atoms with van der Waals surface area (Å²) in [5.41, 5.74) is 0. The van der Waals surface area contributed by atoms with Gasteiger partial charge in [0, 0.05) is 17.7 Å². The van der Waals surface area contributed by atoms with E-state index < -0.39 is 0 Å². The molecule has 47 valence electrons. The fraction of sp³-hybridized carbons (Fsp3) is 0.500. The Morgan fingerprint density at radius 2 is 2.50 bits per heavy atom. The van der Waals surface area contributed by atoms with E-state index in [1.165, 1.54) is 0 Å². The van der Waals surface area contributed by atoms with E-state index in [1.54, 1.807) is 0 Å². The van der Waals surface area contributed by atoms with Crippen LogP contribution in [0.5, 0.6) is 0 Å². The van der Waals surface area contributed by atoms with Gasteiger partial charge in [-0.05, 0) is 6.92 Å². The number of carbonyl (C=O) groups is 1. The molecule has 0 saturated carbocycles. The molecule has 0 aromatic rings. The minimum absolute atomic E-state index is 0.177. The molecule has 0 heterocycles. The summed E-state index contributed by atoms with van der Waals surface area (Å²) < 4.78 is 4.76. The van der Waals surface area contributed by atoms with E-state index >= 15 is 0 Å². The van der Waals surface area contributed by atoms with Crippen molar-refractivity contribution in [2.45, 2.75) is 6.92 Å². The lowest BCUT2D eigenvalue weighted by molar-refractivity contribution is -0.107. The third kappa shape index (κ3) is 6.33. The second-order valence-corrected chi connectivity index (χ2v) is 2.83. The van der Waals surface area contributed by atoms with Crippen LogP contribution in [0.25, 0.3) is 0 Å². The zero-order valence-electron chi connectivity index (χ0n) is 4.55. The van der Waals surface area contributed by atoms with E-state index in [-0.39, 0.29) is 5.12 Å². The molecule has 8 heavy (non-hydrogen) atoms. The molecule has 0 spiro atoms. The van der Waals surface area contributed by atoms with Crippen molar-refractivity contribution in [3.05, 3.63) is 6.92 Å². The van der Waals surface area contributed by atoms with Crippen molar-refractivity contribution in [1.82, 2.24) is 0 Å². The van der Waals surface area contributed by atoms with Crippen molar-refractivity contribution in [3.8, 4) is 0 Å². The average Bonchev–Trinajstić information content (AvgIpc) is 1.66. The van der Waals surface area contributed by atoms with Crippen molar-refractivity contribution < 1.29 is 8.98 Å². The van der Waals surface area contributed by atoms with Gasteiger partial charge in [0.2, 0.25) is 5.12 Å². The number of rotatable bonds is 3. The molecule has 0 atom stereocenters. The summed E-state index contributed by atoms with van der Waals surface area (Å²) in [7, 11) is 1.00. The number of hydrogen-bond acceptors (Lipinski definition) is 4. The molecule has 0 rings (SSSR count). The first-order chi connectivity index (χ1) is 3.77. The van der Waals surface area contributed by atoms with E-state index in [2.05, 4.69) is 6.92 Å². The molecule has 0 fully saturated rings. The Bertz CT molecular complexity index is 74.4. The fourth-order valence-electron chi connectivity index (χ4n) is 0.110. The van der Waals surface area contributed by atoms with Crippen LogP contribution in [0.2, 0.25) is 0 Å². The van der Waals surface area contributed by atoms with Crippen LogP contribution in [0.4, 0.5) is 0 Å². The molecule has 0 aromatic heterocycles. The molecular formula is C4H7O2S2. The molecule has 0 aromatic carbocycles. The molecule has 0 amide bonds. The minimum Gasteiger partial charge on any atom is -0.305 e. The van der Waals surface area contributed by atoms with Crippen molar-refractivity contribution in [2.75, 3.05) is 6.61 Å². The Kier molecular flexibility index (Phi) is 5.69. The highest BCUT2D eigenvalue weighted by molar-refractivity contribution is 8.80. The first-order valence-electron chi connectivity index (χ1n) is 2.09. The van der Waals surface area contributed by atoms with Crippen LogP contribution < -0.4 is 0 Å². The van der Waals surface area contributed by atoms with Gasteiger partial charge in [0.05, 0.1) is 17.7 Å². The van der Waals surface area contributed by atoms with Crippen molar-refractivity contribution in [1.29, 1.82) is 0 Å². The standard InChI is InChI=1S/C4H7O2S2/c1-3-6-8-7-4(2)5/h2-3H2,1H3. The maximum absolute atomic E-state index is 10.1. The first kappa shape index (κ1) is 8.33. The van der Waals surface area contributed by atoms with E-state index in [0.29, 0.717) is 6.61 Å². The first-order valence-corrected chi connectivity index (χ1v) is 4.17. The van der Waals surface area contributed by atoms with Crippen molar-refractivity contribution in [3.63, 3.8) is 0 Å².